The van der Waals surface area contributed by atoms with Gasteiger partial charge in [0.1, 0.15) is 0 Å². The van der Waals surface area contributed by atoms with Gasteiger partial charge in [0.25, 0.3) is 0 Å². The lowest BCUT2D eigenvalue weighted by Crippen LogP contribution is -2.41. The minimum Gasteiger partial charge on any atom is -0.469 e. The Labute approximate surface area is 154 Å². The van der Waals surface area contributed by atoms with Crippen LogP contribution in [0.5, 0.6) is 0 Å². The number of aromatic nitrogens is 1. The number of carbonyl (C=O) groups excluding carboxylic acids is 1. The standard InChI is InChI=1S/C20H28N4O2/c1-14-12-24(13-17(14)19(25)26-3)20(21-2)22-10-6-7-15-11-23-18-9-5-4-8-16(15)18/h4-5,8-9,11,14,17,23H,6-7,10,12-13H2,1-3H3,(H,21,22). The average Bonchev–Trinajstić information content (AvgIpc) is 3.25. The van der Waals surface area contributed by atoms with Gasteiger partial charge in [-0.3, -0.25) is 9.79 Å². The van der Waals surface area contributed by atoms with Crippen LogP contribution in [0.25, 0.3) is 10.9 Å². The van der Waals surface area contributed by atoms with Crippen LogP contribution < -0.4 is 5.32 Å². The number of esters is 1. The number of guanidine groups is 1. The highest BCUT2D eigenvalue weighted by atomic mass is 16.5. The first-order valence-electron chi connectivity index (χ1n) is 9.22. The van der Waals surface area contributed by atoms with Gasteiger partial charge < -0.3 is 19.9 Å². The van der Waals surface area contributed by atoms with Crippen LogP contribution in [0.3, 0.4) is 0 Å². The van der Waals surface area contributed by atoms with Crippen LogP contribution in [0, 0.1) is 11.8 Å². The van der Waals surface area contributed by atoms with Gasteiger partial charge in [0, 0.05) is 43.8 Å². The molecule has 2 atom stereocenters. The summed E-state index contributed by atoms with van der Waals surface area (Å²) in [7, 11) is 3.24. The first-order chi connectivity index (χ1) is 12.6. The number of hydrogen-bond acceptors (Lipinski definition) is 3. The molecule has 0 amide bonds. The molecule has 3 rings (SSSR count). The van der Waals surface area contributed by atoms with E-state index in [1.54, 1.807) is 7.05 Å². The van der Waals surface area contributed by atoms with E-state index in [0.717, 1.165) is 31.9 Å². The zero-order valence-electron chi connectivity index (χ0n) is 15.8. The number of aliphatic imine (C=N–C) groups is 1. The smallest absolute Gasteiger partial charge is 0.310 e. The average molecular weight is 356 g/mol. The Hall–Kier alpha value is -2.50. The zero-order valence-corrected chi connectivity index (χ0v) is 15.8. The lowest BCUT2D eigenvalue weighted by molar-refractivity contribution is -0.145. The van der Waals surface area contributed by atoms with E-state index in [1.807, 2.05) is 6.07 Å². The topological polar surface area (TPSA) is 69.7 Å². The quantitative estimate of drug-likeness (QED) is 0.374. The van der Waals surface area contributed by atoms with E-state index in [-0.39, 0.29) is 17.8 Å². The molecule has 2 N–H and O–H groups in total. The number of ether oxygens (including phenoxy) is 1. The van der Waals surface area contributed by atoms with Gasteiger partial charge in [-0.25, -0.2) is 0 Å². The van der Waals surface area contributed by atoms with Crippen molar-refractivity contribution < 1.29 is 9.53 Å². The van der Waals surface area contributed by atoms with E-state index in [9.17, 15) is 4.79 Å². The van der Waals surface area contributed by atoms with Gasteiger partial charge in [-0.2, -0.15) is 0 Å². The molecule has 0 radical (unpaired) electrons. The number of aryl methyl sites for hydroxylation is 1. The molecule has 0 saturated carbocycles. The molecule has 1 aromatic heterocycles. The predicted octanol–water partition coefficient (Wildman–Crippen LogP) is 2.42. The molecule has 0 bridgehead atoms. The van der Waals surface area contributed by atoms with Crippen molar-refractivity contribution in [1.29, 1.82) is 0 Å². The Balaban J connectivity index is 1.50. The number of likely N-dealkylation sites (tertiary alicyclic amines) is 1. The van der Waals surface area contributed by atoms with Crippen LogP contribution in [0.2, 0.25) is 0 Å². The van der Waals surface area contributed by atoms with Gasteiger partial charge in [0.05, 0.1) is 13.0 Å². The van der Waals surface area contributed by atoms with E-state index in [4.69, 9.17) is 4.74 Å². The first-order valence-corrected chi connectivity index (χ1v) is 9.22. The fraction of sp³-hybridized carbons (Fsp3) is 0.500. The molecule has 2 aromatic rings. The highest BCUT2D eigenvalue weighted by Gasteiger charge is 2.36. The highest BCUT2D eigenvalue weighted by Crippen LogP contribution is 2.24. The largest absolute Gasteiger partial charge is 0.469 e. The third-order valence-electron chi connectivity index (χ3n) is 5.21. The summed E-state index contributed by atoms with van der Waals surface area (Å²) >= 11 is 0. The number of methoxy groups -OCH3 is 1. The van der Waals surface area contributed by atoms with Crippen LogP contribution in [-0.4, -0.2) is 55.6 Å². The summed E-state index contributed by atoms with van der Waals surface area (Å²) in [6, 6.07) is 8.39. The number of rotatable bonds is 5. The molecule has 1 aliphatic rings. The van der Waals surface area contributed by atoms with Crippen molar-refractivity contribution in [3.63, 3.8) is 0 Å². The van der Waals surface area contributed by atoms with E-state index in [1.165, 1.54) is 23.6 Å². The van der Waals surface area contributed by atoms with Crippen LogP contribution in [0.4, 0.5) is 0 Å². The number of nitrogens with zero attached hydrogens (tertiary/aromatic N) is 2. The van der Waals surface area contributed by atoms with Crippen LogP contribution in [0.1, 0.15) is 18.9 Å². The molecule has 26 heavy (non-hydrogen) atoms. The van der Waals surface area contributed by atoms with Gasteiger partial charge >= 0.3 is 5.97 Å². The second kappa shape index (κ2) is 8.25. The number of aromatic amines is 1. The summed E-state index contributed by atoms with van der Waals surface area (Å²) in [5, 5.41) is 4.73. The lowest BCUT2D eigenvalue weighted by Gasteiger charge is -2.21. The monoisotopic (exact) mass is 356 g/mol. The van der Waals surface area contributed by atoms with Crippen molar-refractivity contribution >= 4 is 22.8 Å². The number of para-hydroxylation sites is 1. The fourth-order valence-corrected chi connectivity index (χ4v) is 3.75. The van der Waals surface area contributed by atoms with Crippen molar-refractivity contribution in [2.24, 2.45) is 16.8 Å². The van der Waals surface area contributed by atoms with Crippen LogP contribution >= 0.6 is 0 Å². The van der Waals surface area contributed by atoms with Crippen molar-refractivity contribution in [3.05, 3.63) is 36.0 Å². The van der Waals surface area contributed by atoms with Crippen molar-refractivity contribution in [3.8, 4) is 0 Å². The van der Waals surface area contributed by atoms with Crippen molar-refractivity contribution in [1.82, 2.24) is 15.2 Å². The molecule has 140 valence electrons. The summed E-state index contributed by atoms with van der Waals surface area (Å²) in [5.41, 5.74) is 2.53. The summed E-state index contributed by atoms with van der Waals surface area (Å²) in [6.45, 7) is 4.42. The predicted molar refractivity (Wildman–Crippen MR) is 104 cm³/mol. The summed E-state index contributed by atoms with van der Waals surface area (Å²) in [4.78, 5) is 21.7. The van der Waals surface area contributed by atoms with Crippen molar-refractivity contribution in [2.75, 3.05) is 33.8 Å². The molecular weight excluding hydrogens is 328 g/mol. The Kier molecular flexibility index (Phi) is 5.81. The number of H-pyrrole nitrogens is 1. The molecule has 2 unspecified atom stereocenters. The third kappa shape index (κ3) is 3.84. The van der Waals surface area contributed by atoms with Gasteiger partial charge in [-0.15, -0.1) is 0 Å². The second-order valence-corrected chi connectivity index (χ2v) is 6.95. The van der Waals surface area contributed by atoms with Gasteiger partial charge in [-0.05, 0) is 30.4 Å². The third-order valence-corrected chi connectivity index (χ3v) is 5.21. The Morgan fingerprint density at radius 3 is 2.96 bits per heavy atom. The molecule has 6 nitrogen and oxygen atoms in total. The minimum atomic E-state index is -0.130. The van der Waals surface area contributed by atoms with E-state index < -0.39 is 0 Å². The zero-order chi connectivity index (χ0) is 18.5. The second-order valence-electron chi connectivity index (χ2n) is 6.95. The van der Waals surface area contributed by atoms with E-state index in [0.29, 0.717) is 6.54 Å². The van der Waals surface area contributed by atoms with Crippen LogP contribution in [-0.2, 0) is 16.0 Å². The number of nitrogens with one attached hydrogen (secondary N) is 2. The maximum absolute atomic E-state index is 11.9. The normalized spacial score (nSPS) is 20.6. The molecule has 1 saturated heterocycles. The maximum atomic E-state index is 11.9. The van der Waals surface area contributed by atoms with Crippen LogP contribution in [0.15, 0.2) is 35.5 Å². The number of hydrogen-bond donors (Lipinski definition) is 2. The molecule has 1 fully saturated rings. The Morgan fingerprint density at radius 2 is 2.19 bits per heavy atom. The Bertz CT molecular complexity index is 783. The molecule has 6 heteroatoms. The van der Waals surface area contributed by atoms with E-state index in [2.05, 4.69) is 51.5 Å². The summed E-state index contributed by atoms with van der Waals surface area (Å²) < 4.78 is 4.91. The maximum Gasteiger partial charge on any atom is 0.310 e. The SMILES string of the molecule is CN=C(NCCCc1c[nH]c2ccccc12)N1CC(C)C(C(=O)OC)C1. The van der Waals surface area contributed by atoms with E-state index >= 15 is 0 Å². The summed E-state index contributed by atoms with van der Waals surface area (Å²) in [6.07, 6.45) is 4.13. The first kappa shape index (κ1) is 18.3. The molecule has 1 aliphatic heterocycles. The van der Waals surface area contributed by atoms with Crippen molar-refractivity contribution in [2.45, 2.75) is 19.8 Å². The highest BCUT2D eigenvalue weighted by molar-refractivity contribution is 5.83. The van der Waals surface area contributed by atoms with Gasteiger partial charge in [-0.1, -0.05) is 25.1 Å². The molecule has 0 aliphatic carbocycles. The fourth-order valence-electron chi connectivity index (χ4n) is 3.75. The molecular formula is C20H28N4O2. The molecule has 0 spiro atoms. The minimum absolute atomic E-state index is 0.0789. The molecule has 2 heterocycles. The Morgan fingerprint density at radius 1 is 1.38 bits per heavy atom. The van der Waals surface area contributed by atoms with Gasteiger partial charge in [0.2, 0.25) is 0 Å². The number of carbonyl (C=O) groups is 1. The molecule has 1 aromatic carbocycles. The number of benzene rings is 1. The van der Waals surface area contributed by atoms with Gasteiger partial charge in [0.15, 0.2) is 5.96 Å². The lowest BCUT2D eigenvalue weighted by atomic mass is 9.99. The number of fused-ring (bicyclic) bond motifs is 1. The summed E-state index contributed by atoms with van der Waals surface area (Å²) in [5.74, 6) is 0.925.